The van der Waals surface area contributed by atoms with E-state index >= 15 is 0 Å². The molecule has 134 valence electrons. The summed E-state index contributed by atoms with van der Waals surface area (Å²) >= 11 is 1.59. The molecule has 1 aromatic heterocycles. The smallest absolute Gasteiger partial charge is 0.314 e. The summed E-state index contributed by atoms with van der Waals surface area (Å²) in [5.41, 5.74) is 2.22. The molecule has 0 radical (unpaired) electrons. The van der Waals surface area contributed by atoms with E-state index in [0.717, 1.165) is 21.8 Å². The summed E-state index contributed by atoms with van der Waals surface area (Å²) in [6, 6.07) is 22.0. The van der Waals surface area contributed by atoms with Crippen LogP contribution in [0.25, 0.3) is 0 Å². The number of esters is 1. The molecule has 3 aromatic rings. The van der Waals surface area contributed by atoms with E-state index in [1.165, 1.54) is 0 Å². The zero-order valence-electron chi connectivity index (χ0n) is 14.8. The molecular weight excluding hydrogens is 344 g/mol. The highest BCUT2D eigenvalue weighted by atomic mass is 32.1. The Hall–Kier alpha value is -2.59. The summed E-state index contributed by atoms with van der Waals surface area (Å²) in [5.74, 6) is 0.395. The van der Waals surface area contributed by atoms with Crippen molar-refractivity contribution >= 4 is 17.3 Å². The van der Waals surface area contributed by atoms with E-state index < -0.39 is 0 Å². The molecule has 2 aromatic carbocycles. The van der Waals surface area contributed by atoms with Gasteiger partial charge in [0.2, 0.25) is 0 Å². The van der Waals surface area contributed by atoms with Crippen LogP contribution in [0.5, 0.6) is 5.75 Å². The molecule has 1 heterocycles. The average Bonchev–Trinajstić information content (AvgIpc) is 3.21. The first kappa shape index (κ1) is 18.2. The van der Waals surface area contributed by atoms with Crippen LogP contribution >= 0.6 is 11.3 Å². The summed E-state index contributed by atoms with van der Waals surface area (Å²) in [5, 5.41) is 1.99. The fraction of sp³-hybridized carbons (Fsp3) is 0.227. The zero-order chi connectivity index (χ0) is 18.2. The number of ether oxygens (including phenoxy) is 2. The lowest BCUT2D eigenvalue weighted by Crippen LogP contribution is -2.17. The maximum absolute atomic E-state index is 12.3. The summed E-state index contributed by atoms with van der Waals surface area (Å²) in [7, 11) is 0. The SMILES string of the molecule is CCOC(=O)C(Cc1ccc(OCc2ccccc2)cc1)c1cccs1. The highest BCUT2D eigenvalue weighted by Gasteiger charge is 2.23. The van der Waals surface area contributed by atoms with Crippen molar-refractivity contribution in [2.75, 3.05) is 6.61 Å². The minimum absolute atomic E-state index is 0.167. The average molecular weight is 366 g/mol. The van der Waals surface area contributed by atoms with Crippen LogP contribution in [0.15, 0.2) is 72.1 Å². The van der Waals surface area contributed by atoms with Crippen LogP contribution in [0, 0.1) is 0 Å². The van der Waals surface area contributed by atoms with Gasteiger partial charge in [-0.2, -0.15) is 0 Å². The number of hydrogen-bond donors (Lipinski definition) is 0. The van der Waals surface area contributed by atoms with Gasteiger partial charge in [0.1, 0.15) is 12.4 Å². The highest BCUT2D eigenvalue weighted by Crippen LogP contribution is 2.27. The topological polar surface area (TPSA) is 35.5 Å². The van der Waals surface area contributed by atoms with Gasteiger partial charge >= 0.3 is 5.97 Å². The molecule has 26 heavy (non-hydrogen) atoms. The lowest BCUT2D eigenvalue weighted by atomic mass is 9.98. The lowest BCUT2D eigenvalue weighted by Gasteiger charge is -2.14. The van der Waals surface area contributed by atoms with Crippen LogP contribution in [0.3, 0.4) is 0 Å². The standard InChI is InChI=1S/C22H22O3S/c1-2-24-22(23)20(21-9-6-14-26-21)15-17-10-12-19(13-11-17)25-16-18-7-4-3-5-8-18/h3-14,20H,2,15-16H2,1H3. The van der Waals surface area contributed by atoms with Crippen molar-refractivity contribution in [1.82, 2.24) is 0 Å². The molecule has 0 bridgehead atoms. The van der Waals surface area contributed by atoms with E-state index in [2.05, 4.69) is 0 Å². The third kappa shape index (κ3) is 4.96. The van der Waals surface area contributed by atoms with Gasteiger partial charge in [0.25, 0.3) is 0 Å². The van der Waals surface area contributed by atoms with Crippen molar-refractivity contribution in [1.29, 1.82) is 0 Å². The van der Waals surface area contributed by atoms with Crippen LogP contribution in [-0.4, -0.2) is 12.6 Å². The van der Waals surface area contributed by atoms with Crippen molar-refractivity contribution in [2.24, 2.45) is 0 Å². The first-order chi connectivity index (χ1) is 12.8. The van der Waals surface area contributed by atoms with Gasteiger partial charge in [-0.25, -0.2) is 0 Å². The molecule has 3 nitrogen and oxygen atoms in total. The molecule has 1 unspecified atom stereocenters. The fourth-order valence-corrected chi connectivity index (χ4v) is 3.55. The summed E-state index contributed by atoms with van der Waals surface area (Å²) < 4.78 is 11.1. The molecule has 1 atom stereocenters. The maximum atomic E-state index is 12.3. The molecule has 0 aliphatic carbocycles. The van der Waals surface area contributed by atoms with Crippen LogP contribution in [0.4, 0.5) is 0 Å². The Bertz CT molecular complexity index is 795. The van der Waals surface area contributed by atoms with E-state index in [9.17, 15) is 4.79 Å². The third-order valence-corrected chi connectivity index (χ3v) is 5.06. The largest absolute Gasteiger partial charge is 0.489 e. The minimum Gasteiger partial charge on any atom is -0.489 e. The molecule has 0 saturated heterocycles. The van der Waals surface area contributed by atoms with E-state index in [1.54, 1.807) is 11.3 Å². The fourth-order valence-electron chi connectivity index (χ4n) is 2.73. The number of carbonyl (C=O) groups excluding carboxylic acids is 1. The Morgan fingerprint density at radius 3 is 2.38 bits per heavy atom. The quantitative estimate of drug-likeness (QED) is 0.513. The molecule has 0 N–H and O–H groups in total. The predicted octanol–water partition coefficient (Wildman–Crippen LogP) is 5.22. The second kappa shape index (κ2) is 9.20. The number of thiophene rings is 1. The minimum atomic E-state index is -0.258. The summed E-state index contributed by atoms with van der Waals surface area (Å²) in [6.45, 7) is 2.77. The predicted molar refractivity (Wildman–Crippen MR) is 105 cm³/mol. The maximum Gasteiger partial charge on any atom is 0.314 e. The van der Waals surface area contributed by atoms with Crippen molar-refractivity contribution in [3.8, 4) is 5.75 Å². The molecule has 0 saturated carbocycles. The van der Waals surface area contributed by atoms with E-state index in [1.807, 2.05) is 79.0 Å². The Kier molecular flexibility index (Phi) is 6.45. The van der Waals surface area contributed by atoms with Gasteiger partial charge < -0.3 is 9.47 Å². The molecule has 0 aliphatic rings. The van der Waals surface area contributed by atoms with Crippen molar-refractivity contribution in [3.05, 3.63) is 88.1 Å². The lowest BCUT2D eigenvalue weighted by molar-refractivity contribution is -0.144. The van der Waals surface area contributed by atoms with Gasteiger partial charge in [0.05, 0.1) is 12.5 Å². The molecular formula is C22H22O3S. The summed E-state index contributed by atoms with van der Waals surface area (Å²) in [6.07, 6.45) is 0.623. The normalized spacial score (nSPS) is 11.7. The van der Waals surface area contributed by atoms with Crippen LogP contribution < -0.4 is 4.74 Å². The van der Waals surface area contributed by atoms with Crippen LogP contribution in [-0.2, 0) is 22.6 Å². The first-order valence-electron chi connectivity index (χ1n) is 8.72. The van der Waals surface area contributed by atoms with E-state index in [0.29, 0.717) is 19.6 Å². The second-order valence-electron chi connectivity index (χ2n) is 5.94. The number of benzene rings is 2. The van der Waals surface area contributed by atoms with Gasteiger partial charge in [-0.1, -0.05) is 48.5 Å². The zero-order valence-corrected chi connectivity index (χ0v) is 15.6. The van der Waals surface area contributed by atoms with Crippen molar-refractivity contribution in [2.45, 2.75) is 25.9 Å². The number of carbonyl (C=O) groups is 1. The summed E-state index contributed by atoms with van der Waals surface area (Å²) in [4.78, 5) is 13.4. The van der Waals surface area contributed by atoms with Gasteiger partial charge in [0.15, 0.2) is 0 Å². The van der Waals surface area contributed by atoms with Gasteiger partial charge in [-0.3, -0.25) is 4.79 Å². The molecule has 0 aliphatic heterocycles. The van der Waals surface area contributed by atoms with Crippen LogP contribution in [0.2, 0.25) is 0 Å². The Labute approximate surface area is 158 Å². The monoisotopic (exact) mass is 366 g/mol. The van der Waals surface area contributed by atoms with E-state index in [4.69, 9.17) is 9.47 Å². The number of rotatable bonds is 8. The Morgan fingerprint density at radius 2 is 1.73 bits per heavy atom. The first-order valence-corrected chi connectivity index (χ1v) is 9.60. The Balaban J connectivity index is 1.64. The van der Waals surface area contributed by atoms with E-state index in [-0.39, 0.29) is 11.9 Å². The highest BCUT2D eigenvalue weighted by molar-refractivity contribution is 7.10. The number of hydrogen-bond acceptors (Lipinski definition) is 4. The van der Waals surface area contributed by atoms with Crippen molar-refractivity contribution < 1.29 is 14.3 Å². The second-order valence-corrected chi connectivity index (χ2v) is 6.92. The third-order valence-electron chi connectivity index (χ3n) is 4.07. The van der Waals surface area contributed by atoms with Crippen molar-refractivity contribution in [3.63, 3.8) is 0 Å². The Morgan fingerprint density at radius 1 is 0.962 bits per heavy atom. The molecule has 3 rings (SSSR count). The molecule has 0 fully saturated rings. The van der Waals surface area contributed by atoms with Gasteiger partial charge in [0, 0.05) is 4.88 Å². The van der Waals surface area contributed by atoms with Crippen LogP contribution in [0.1, 0.15) is 28.8 Å². The van der Waals surface area contributed by atoms with Gasteiger partial charge in [-0.05, 0) is 48.1 Å². The molecule has 4 heteroatoms. The molecule has 0 amide bonds. The molecule has 0 spiro atoms. The van der Waals surface area contributed by atoms with Gasteiger partial charge in [-0.15, -0.1) is 11.3 Å².